The number of aromatic nitrogens is 3. The van der Waals surface area contributed by atoms with Crippen LogP contribution in [0.1, 0.15) is 36.1 Å². The third kappa shape index (κ3) is 2.92. The number of aryl methyl sites for hydroxylation is 3. The molecule has 3 rings (SSSR count). The van der Waals surface area contributed by atoms with E-state index in [1.54, 1.807) is 6.07 Å². The molecule has 116 valence electrons. The van der Waals surface area contributed by atoms with Gasteiger partial charge in [-0.2, -0.15) is 5.10 Å². The highest BCUT2D eigenvalue weighted by atomic mass is 35.5. The summed E-state index contributed by atoms with van der Waals surface area (Å²) in [4.78, 5) is 16.7. The molecular weight excluding hydrogens is 302 g/mol. The lowest BCUT2D eigenvalue weighted by atomic mass is 10.1. The minimum Gasteiger partial charge on any atom is -0.328 e. The highest BCUT2D eigenvalue weighted by molar-refractivity contribution is 6.33. The zero-order chi connectivity index (χ0) is 15.7. The van der Waals surface area contributed by atoms with Crippen molar-refractivity contribution in [2.24, 2.45) is 0 Å². The summed E-state index contributed by atoms with van der Waals surface area (Å²) >= 11 is 6.13. The molecule has 2 aromatic rings. The number of urea groups is 1. The highest BCUT2D eigenvalue weighted by Crippen LogP contribution is 2.26. The molecule has 0 aliphatic carbocycles. The second-order valence-electron chi connectivity index (χ2n) is 5.47. The normalized spacial score (nSPS) is 17.0. The van der Waals surface area contributed by atoms with E-state index in [1.165, 1.54) is 0 Å². The van der Waals surface area contributed by atoms with Crippen LogP contribution in [0.3, 0.4) is 0 Å². The second-order valence-corrected chi connectivity index (χ2v) is 5.87. The molecule has 22 heavy (non-hydrogen) atoms. The van der Waals surface area contributed by atoms with E-state index in [0.717, 1.165) is 36.6 Å². The molecule has 6 nitrogen and oxygen atoms in total. The van der Waals surface area contributed by atoms with Gasteiger partial charge in [-0.05, 0) is 38.3 Å². The van der Waals surface area contributed by atoms with Crippen molar-refractivity contribution >= 4 is 23.3 Å². The molecule has 1 aliphatic heterocycles. The Balaban J connectivity index is 1.73. The van der Waals surface area contributed by atoms with Crippen LogP contribution in [-0.4, -0.2) is 20.8 Å². The first kappa shape index (κ1) is 14.8. The van der Waals surface area contributed by atoms with E-state index in [9.17, 15) is 4.79 Å². The van der Waals surface area contributed by atoms with Crippen molar-refractivity contribution < 1.29 is 4.79 Å². The first-order valence-electron chi connectivity index (χ1n) is 7.28. The number of nitrogens with one attached hydrogen (secondary N) is 2. The molecule has 0 radical (unpaired) electrons. The molecule has 0 fully saturated rings. The Morgan fingerprint density at radius 1 is 1.41 bits per heavy atom. The maximum Gasteiger partial charge on any atom is 0.319 e. The molecule has 0 spiro atoms. The largest absolute Gasteiger partial charge is 0.328 e. The van der Waals surface area contributed by atoms with Crippen molar-refractivity contribution in [3.05, 3.63) is 40.4 Å². The molecule has 2 N–H and O–H groups in total. The van der Waals surface area contributed by atoms with Crippen LogP contribution in [-0.2, 0) is 6.54 Å². The number of para-hydroxylation sites is 1. The summed E-state index contributed by atoms with van der Waals surface area (Å²) < 4.78 is 1.87. The Hall–Kier alpha value is -2.08. The van der Waals surface area contributed by atoms with Gasteiger partial charge in [0.05, 0.1) is 16.8 Å². The average Bonchev–Trinajstić information content (AvgIpc) is 2.84. The van der Waals surface area contributed by atoms with Crippen molar-refractivity contribution in [3.63, 3.8) is 0 Å². The van der Waals surface area contributed by atoms with E-state index in [1.807, 2.05) is 30.7 Å². The summed E-state index contributed by atoms with van der Waals surface area (Å²) in [6.45, 7) is 4.61. The first-order valence-corrected chi connectivity index (χ1v) is 7.66. The lowest BCUT2D eigenvalue weighted by Gasteiger charge is -2.23. The van der Waals surface area contributed by atoms with Crippen LogP contribution in [0.4, 0.5) is 10.5 Å². The molecule has 2 heterocycles. The fourth-order valence-electron chi connectivity index (χ4n) is 2.70. The number of benzene rings is 1. The minimum absolute atomic E-state index is 0.127. The summed E-state index contributed by atoms with van der Waals surface area (Å²) in [6, 6.07) is 5.10. The number of anilines is 1. The second kappa shape index (κ2) is 5.96. The van der Waals surface area contributed by atoms with Crippen molar-refractivity contribution in [2.75, 3.05) is 5.32 Å². The molecule has 0 saturated carbocycles. The fraction of sp³-hybridized carbons (Fsp3) is 0.400. The Labute approximate surface area is 133 Å². The molecule has 1 aromatic carbocycles. The lowest BCUT2D eigenvalue weighted by Crippen LogP contribution is -2.36. The van der Waals surface area contributed by atoms with Gasteiger partial charge >= 0.3 is 6.03 Å². The maximum absolute atomic E-state index is 12.3. The molecule has 1 atom stereocenters. The van der Waals surface area contributed by atoms with E-state index in [4.69, 9.17) is 11.6 Å². The fourth-order valence-corrected chi connectivity index (χ4v) is 2.97. The summed E-state index contributed by atoms with van der Waals surface area (Å²) in [6.07, 6.45) is 1.82. The molecule has 1 aromatic heterocycles. The number of carbonyl (C=O) groups excluding carboxylic acids is 1. The Morgan fingerprint density at radius 3 is 3.00 bits per heavy atom. The molecule has 2 amide bonds. The first-order chi connectivity index (χ1) is 10.5. The van der Waals surface area contributed by atoms with Crippen molar-refractivity contribution in [2.45, 2.75) is 39.3 Å². The van der Waals surface area contributed by atoms with E-state index in [0.29, 0.717) is 10.7 Å². The van der Waals surface area contributed by atoms with Crippen LogP contribution < -0.4 is 10.6 Å². The molecule has 7 heteroatoms. The maximum atomic E-state index is 12.3. The third-order valence-corrected chi connectivity index (χ3v) is 4.06. The van der Waals surface area contributed by atoms with Gasteiger partial charge in [-0.25, -0.2) is 14.5 Å². The smallest absolute Gasteiger partial charge is 0.319 e. The number of halogens is 1. The molecule has 1 aliphatic rings. The molecule has 0 bridgehead atoms. The van der Waals surface area contributed by atoms with Crippen molar-refractivity contribution in [3.8, 4) is 0 Å². The summed E-state index contributed by atoms with van der Waals surface area (Å²) in [5, 5.41) is 10.6. The van der Waals surface area contributed by atoms with Gasteiger partial charge in [0.2, 0.25) is 0 Å². The minimum atomic E-state index is -0.282. The van der Waals surface area contributed by atoms with Gasteiger partial charge in [-0.3, -0.25) is 0 Å². The van der Waals surface area contributed by atoms with E-state index < -0.39 is 0 Å². The van der Waals surface area contributed by atoms with Crippen LogP contribution in [0.2, 0.25) is 5.02 Å². The van der Waals surface area contributed by atoms with Crippen LogP contribution in [0.25, 0.3) is 0 Å². The lowest BCUT2D eigenvalue weighted by molar-refractivity contribution is 0.244. The molecule has 0 saturated heterocycles. The third-order valence-electron chi connectivity index (χ3n) is 3.75. The SMILES string of the molecule is Cc1nc2n(n1)CCC[C@@H]2NC(=O)Nc1c(C)cccc1Cl. The number of hydrogen-bond donors (Lipinski definition) is 2. The molecular formula is C15H18ClN5O. The van der Waals surface area contributed by atoms with Gasteiger partial charge in [0.15, 0.2) is 0 Å². The number of nitrogens with zero attached hydrogens (tertiary/aromatic N) is 3. The number of carbonyl (C=O) groups is 1. The summed E-state index contributed by atoms with van der Waals surface area (Å²) in [5.74, 6) is 1.54. The number of fused-ring (bicyclic) bond motifs is 1. The van der Waals surface area contributed by atoms with Crippen LogP contribution in [0.5, 0.6) is 0 Å². The van der Waals surface area contributed by atoms with Gasteiger partial charge in [0.25, 0.3) is 0 Å². The molecule has 0 unspecified atom stereocenters. The van der Waals surface area contributed by atoms with Crippen molar-refractivity contribution in [1.82, 2.24) is 20.1 Å². The standard InChI is InChI=1S/C15H18ClN5O/c1-9-5-3-6-11(16)13(9)19-15(22)18-12-7-4-8-21-14(12)17-10(2)20-21/h3,5-6,12H,4,7-8H2,1-2H3,(H2,18,19,22)/t12-/m0/s1. The average molecular weight is 320 g/mol. The Kier molecular flexibility index (Phi) is 4.02. The van der Waals surface area contributed by atoms with E-state index in [2.05, 4.69) is 20.7 Å². The van der Waals surface area contributed by atoms with E-state index >= 15 is 0 Å². The van der Waals surface area contributed by atoms with Gasteiger partial charge in [0, 0.05) is 6.54 Å². The Morgan fingerprint density at radius 2 is 2.23 bits per heavy atom. The summed E-state index contributed by atoms with van der Waals surface area (Å²) in [7, 11) is 0. The number of rotatable bonds is 2. The highest BCUT2D eigenvalue weighted by Gasteiger charge is 2.25. The number of amides is 2. The van der Waals surface area contributed by atoms with Crippen molar-refractivity contribution in [1.29, 1.82) is 0 Å². The Bertz CT molecular complexity index is 692. The van der Waals surface area contributed by atoms with Gasteiger partial charge < -0.3 is 10.6 Å². The van der Waals surface area contributed by atoms with Crippen LogP contribution in [0.15, 0.2) is 18.2 Å². The van der Waals surface area contributed by atoms with Gasteiger partial charge in [0.1, 0.15) is 11.6 Å². The topological polar surface area (TPSA) is 71.8 Å². The van der Waals surface area contributed by atoms with E-state index in [-0.39, 0.29) is 12.1 Å². The predicted octanol–water partition coefficient (Wildman–Crippen LogP) is 3.20. The monoisotopic (exact) mass is 319 g/mol. The summed E-state index contributed by atoms with van der Waals surface area (Å²) in [5.41, 5.74) is 1.56. The zero-order valence-electron chi connectivity index (χ0n) is 12.6. The quantitative estimate of drug-likeness (QED) is 0.892. The van der Waals surface area contributed by atoms with Gasteiger partial charge in [-0.1, -0.05) is 23.7 Å². The predicted molar refractivity (Wildman–Crippen MR) is 85.1 cm³/mol. The number of hydrogen-bond acceptors (Lipinski definition) is 3. The van der Waals surface area contributed by atoms with Crippen LogP contribution in [0, 0.1) is 13.8 Å². The zero-order valence-corrected chi connectivity index (χ0v) is 13.3. The van der Waals surface area contributed by atoms with Gasteiger partial charge in [-0.15, -0.1) is 0 Å². The van der Waals surface area contributed by atoms with Crippen LogP contribution >= 0.6 is 11.6 Å².